The number of piperazine rings is 1. The highest BCUT2D eigenvalue weighted by molar-refractivity contribution is 7.89. The topological polar surface area (TPSA) is 86.4 Å². The van der Waals surface area contributed by atoms with Crippen LogP contribution in [0, 0.1) is 0 Å². The summed E-state index contributed by atoms with van der Waals surface area (Å²) in [5.41, 5.74) is 0.107. The number of thiophene rings is 1. The number of sulfonamides is 1. The number of benzene rings is 1. The molecule has 0 saturated carbocycles. The van der Waals surface area contributed by atoms with Crippen molar-refractivity contribution in [3.05, 3.63) is 56.4 Å². The van der Waals surface area contributed by atoms with Crippen molar-refractivity contribution >= 4 is 31.6 Å². The Morgan fingerprint density at radius 3 is 2.42 bits per heavy atom. The van der Waals surface area contributed by atoms with Crippen LogP contribution < -0.4 is 5.56 Å². The van der Waals surface area contributed by atoms with Gasteiger partial charge < -0.3 is 4.98 Å². The van der Waals surface area contributed by atoms with E-state index in [9.17, 15) is 26.4 Å². The van der Waals surface area contributed by atoms with Crippen LogP contribution in [-0.4, -0.2) is 53.8 Å². The van der Waals surface area contributed by atoms with Crippen LogP contribution in [0.2, 0.25) is 0 Å². The lowest BCUT2D eigenvalue weighted by Crippen LogP contribution is -2.48. The summed E-state index contributed by atoms with van der Waals surface area (Å²) in [5, 5.41) is 0.698. The van der Waals surface area contributed by atoms with Gasteiger partial charge in [-0.2, -0.15) is 17.5 Å². The molecule has 0 unspecified atom stereocenters. The molecule has 3 heterocycles. The Kier molecular flexibility index (Phi) is 5.58. The zero-order valence-electron chi connectivity index (χ0n) is 17.5. The van der Waals surface area contributed by atoms with Crippen molar-refractivity contribution in [2.24, 2.45) is 0 Å². The molecule has 0 bridgehead atoms. The molecule has 1 saturated heterocycles. The number of alkyl halides is 3. The van der Waals surface area contributed by atoms with Gasteiger partial charge in [-0.15, -0.1) is 11.3 Å². The molecule has 2 aliphatic rings. The summed E-state index contributed by atoms with van der Waals surface area (Å²) in [6, 6.07) is 3.54. The van der Waals surface area contributed by atoms with Gasteiger partial charge in [-0.1, -0.05) is 0 Å². The normalized spacial score (nSPS) is 18.2. The maximum atomic E-state index is 12.8. The Morgan fingerprint density at radius 2 is 1.76 bits per heavy atom. The molecule has 5 rings (SSSR count). The first kappa shape index (κ1) is 22.5. The number of rotatable bonds is 4. The summed E-state index contributed by atoms with van der Waals surface area (Å²) >= 11 is 1.57. The summed E-state index contributed by atoms with van der Waals surface area (Å²) in [6.45, 7) is 1.62. The van der Waals surface area contributed by atoms with Crippen LogP contribution in [0.1, 0.15) is 28.2 Å². The van der Waals surface area contributed by atoms with Gasteiger partial charge >= 0.3 is 6.18 Å². The summed E-state index contributed by atoms with van der Waals surface area (Å²) < 4.78 is 65.2. The molecule has 1 fully saturated rings. The number of hydrogen-bond acceptors (Lipinski definition) is 6. The minimum Gasteiger partial charge on any atom is -0.309 e. The van der Waals surface area contributed by atoms with Gasteiger partial charge in [-0.05, 0) is 49.1 Å². The molecule has 33 heavy (non-hydrogen) atoms. The smallest absolute Gasteiger partial charge is 0.309 e. The third-order valence-electron chi connectivity index (χ3n) is 6.15. The molecule has 0 amide bonds. The molecule has 1 aromatic carbocycles. The first-order valence-electron chi connectivity index (χ1n) is 10.6. The fraction of sp³-hybridized carbons (Fsp3) is 0.429. The van der Waals surface area contributed by atoms with Crippen LogP contribution in [0.5, 0.6) is 0 Å². The maximum Gasteiger partial charge on any atom is 0.416 e. The van der Waals surface area contributed by atoms with Crippen LogP contribution in [0.25, 0.3) is 10.2 Å². The number of halogens is 3. The number of nitrogens with zero attached hydrogens (tertiary/aromatic N) is 3. The van der Waals surface area contributed by atoms with Gasteiger partial charge in [0.25, 0.3) is 5.56 Å². The Morgan fingerprint density at radius 1 is 1.06 bits per heavy atom. The number of nitrogens with one attached hydrogen (secondary N) is 1. The maximum absolute atomic E-state index is 12.8. The highest BCUT2D eigenvalue weighted by Gasteiger charge is 2.33. The molecule has 3 aromatic rings. The minimum absolute atomic E-state index is 0.127. The highest BCUT2D eigenvalue weighted by atomic mass is 32.2. The Bertz CT molecular complexity index is 1360. The third-order valence-corrected chi connectivity index (χ3v) is 9.25. The van der Waals surface area contributed by atoms with E-state index in [4.69, 9.17) is 0 Å². The zero-order chi connectivity index (χ0) is 23.4. The van der Waals surface area contributed by atoms with Crippen molar-refractivity contribution in [1.29, 1.82) is 0 Å². The Labute approximate surface area is 191 Å². The van der Waals surface area contributed by atoms with Crippen molar-refractivity contribution in [1.82, 2.24) is 19.2 Å². The molecule has 1 N–H and O–H groups in total. The summed E-state index contributed by atoms with van der Waals surface area (Å²) in [6.07, 6.45) is -1.55. The van der Waals surface area contributed by atoms with E-state index in [1.54, 1.807) is 11.3 Å². The lowest BCUT2D eigenvalue weighted by Gasteiger charge is -2.33. The van der Waals surface area contributed by atoms with Crippen LogP contribution >= 0.6 is 11.3 Å². The van der Waals surface area contributed by atoms with Crippen molar-refractivity contribution in [2.75, 3.05) is 26.2 Å². The van der Waals surface area contributed by atoms with E-state index in [2.05, 4.69) is 9.97 Å². The minimum atomic E-state index is -4.52. The van der Waals surface area contributed by atoms with Crippen molar-refractivity contribution in [3.8, 4) is 0 Å². The van der Waals surface area contributed by atoms with E-state index in [-0.39, 0.29) is 23.5 Å². The molecule has 1 aliphatic carbocycles. The SMILES string of the molecule is O=c1[nH]c(CN2CCN(S(=O)(=O)c3ccc(C(F)(F)F)cc3)CC2)nc2sc3c(c12)CCC3. The van der Waals surface area contributed by atoms with E-state index in [1.807, 2.05) is 4.90 Å². The third kappa shape index (κ3) is 4.20. The molecule has 176 valence electrons. The summed E-state index contributed by atoms with van der Waals surface area (Å²) in [5.74, 6) is 0.548. The van der Waals surface area contributed by atoms with Gasteiger partial charge in [0.15, 0.2) is 0 Å². The predicted molar refractivity (Wildman–Crippen MR) is 118 cm³/mol. The van der Waals surface area contributed by atoms with Gasteiger partial charge in [0, 0.05) is 31.1 Å². The van der Waals surface area contributed by atoms with Crippen LogP contribution in [0.3, 0.4) is 0 Å². The van der Waals surface area contributed by atoms with Gasteiger partial charge in [0.2, 0.25) is 10.0 Å². The molecular weight excluding hydrogens is 477 g/mol. The monoisotopic (exact) mass is 498 g/mol. The highest BCUT2D eigenvalue weighted by Crippen LogP contribution is 2.34. The van der Waals surface area contributed by atoms with Gasteiger partial charge in [0.1, 0.15) is 10.7 Å². The quantitative estimate of drug-likeness (QED) is 0.598. The van der Waals surface area contributed by atoms with Crippen LogP contribution in [-0.2, 0) is 35.6 Å². The number of aryl methyl sites for hydroxylation is 2. The second-order valence-electron chi connectivity index (χ2n) is 8.25. The van der Waals surface area contributed by atoms with Crippen molar-refractivity contribution in [2.45, 2.75) is 36.9 Å². The summed E-state index contributed by atoms with van der Waals surface area (Å²) in [7, 11) is -3.89. The van der Waals surface area contributed by atoms with E-state index < -0.39 is 21.8 Å². The van der Waals surface area contributed by atoms with E-state index in [0.717, 1.165) is 53.9 Å². The van der Waals surface area contributed by atoms with E-state index >= 15 is 0 Å². The van der Waals surface area contributed by atoms with Crippen molar-refractivity contribution < 1.29 is 21.6 Å². The fourth-order valence-electron chi connectivity index (χ4n) is 4.43. The zero-order valence-corrected chi connectivity index (χ0v) is 19.1. The number of aromatic nitrogens is 2. The molecule has 7 nitrogen and oxygen atoms in total. The second kappa shape index (κ2) is 8.19. The lowest BCUT2D eigenvalue weighted by atomic mass is 10.2. The van der Waals surface area contributed by atoms with Crippen LogP contribution in [0.15, 0.2) is 34.0 Å². The fourth-order valence-corrected chi connectivity index (χ4v) is 7.13. The van der Waals surface area contributed by atoms with Crippen LogP contribution in [0.4, 0.5) is 13.2 Å². The van der Waals surface area contributed by atoms with Gasteiger partial charge in [-0.3, -0.25) is 9.69 Å². The Hall–Kier alpha value is -2.28. The first-order valence-corrected chi connectivity index (χ1v) is 12.8. The molecule has 0 spiro atoms. The summed E-state index contributed by atoms with van der Waals surface area (Å²) in [4.78, 5) is 24.0. The molecule has 1 aliphatic heterocycles. The molecule has 2 aromatic heterocycles. The van der Waals surface area contributed by atoms with E-state index in [0.29, 0.717) is 30.8 Å². The lowest BCUT2D eigenvalue weighted by molar-refractivity contribution is -0.137. The number of fused-ring (bicyclic) bond motifs is 3. The molecule has 12 heteroatoms. The average molecular weight is 499 g/mol. The second-order valence-corrected chi connectivity index (χ2v) is 11.3. The number of aromatic amines is 1. The molecule has 0 atom stereocenters. The predicted octanol–water partition coefficient (Wildman–Crippen LogP) is 3.00. The largest absolute Gasteiger partial charge is 0.416 e. The standard InChI is InChI=1S/C21H21F3N4O3S2/c22-21(23,24)13-4-6-14(7-5-13)33(30,31)28-10-8-27(9-11-28)12-17-25-19(29)18-15-2-1-3-16(15)32-20(18)26-17/h4-7H,1-3,8-12H2,(H,25,26,29). The van der Waals surface area contributed by atoms with E-state index in [1.165, 1.54) is 9.18 Å². The van der Waals surface area contributed by atoms with Gasteiger partial charge in [-0.25, -0.2) is 13.4 Å². The molecule has 0 radical (unpaired) electrons. The Balaban J connectivity index is 1.26. The average Bonchev–Trinajstić information content (AvgIpc) is 3.34. The van der Waals surface area contributed by atoms with Crippen molar-refractivity contribution in [3.63, 3.8) is 0 Å². The number of hydrogen-bond donors (Lipinski definition) is 1. The first-order chi connectivity index (χ1) is 15.6. The van der Waals surface area contributed by atoms with Gasteiger partial charge in [0.05, 0.1) is 22.4 Å². The molecular formula is C21H21F3N4O3S2. The number of H-pyrrole nitrogens is 1.